The highest BCUT2D eigenvalue weighted by molar-refractivity contribution is 7.89. The molecule has 0 aliphatic heterocycles. The Morgan fingerprint density at radius 3 is 2.28 bits per heavy atom. The molecule has 0 spiro atoms. The number of carbonyl (C=O) groups excluding carboxylic acids is 1. The van der Waals surface area contributed by atoms with Crippen molar-refractivity contribution in [3.8, 4) is 0 Å². The highest BCUT2D eigenvalue weighted by Crippen LogP contribution is 2.24. The third kappa shape index (κ3) is 3.85. The van der Waals surface area contributed by atoms with Crippen LogP contribution in [0.15, 0.2) is 89.8 Å². The number of benzene rings is 4. The van der Waals surface area contributed by atoms with Crippen molar-refractivity contribution < 1.29 is 13.2 Å². The van der Waals surface area contributed by atoms with E-state index in [1.165, 1.54) is 7.05 Å². The molecule has 0 bridgehead atoms. The van der Waals surface area contributed by atoms with Gasteiger partial charge in [-0.2, -0.15) is 4.31 Å². The fourth-order valence-corrected chi connectivity index (χ4v) is 4.48. The van der Waals surface area contributed by atoms with Crippen molar-refractivity contribution in [1.29, 1.82) is 0 Å². The maximum absolute atomic E-state index is 12.9. The first kappa shape index (κ1) is 19.1. The Kier molecular flexibility index (Phi) is 5.05. The minimum atomic E-state index is -3.79. The molecule has 5 nitrogen and oxygen atoms in total. The lowest BCUT2D eigenvalue weighted by Crippen LogP contribution is -2.35. The molecule has 0 aliphatic rings. The van der Waals surface area contributed by atoms with Crippen molar-refractivity contribution in [2.24, 2.45) is 0 Å². The van der Waals surface area contributed by atoms with Crippen LogP contribution in [0.3, 0.4) is 0 Å². The number of fused-ring (bicyclic) bond motifs is 2. The van der Waals surface area contributed by atoms with Crippen LogP contribution in [0.4, 0.5) is 5.69 Å². The highest BCUT2D eigenvalue weighted by atomic mass is 32.2. The first-order valence-electron chi connectivity index (χ1n) is 9.18. The number of nitrogens with one attached hydrogen (secondary N) is 1. The van der Waals surface area contributed by atoms with Gasteiger partial charge in [-0.3, -0.25) is 4.79 Å². The van der Waals surface area contributed by atoms with E-state index < -0.39 is 15.9 Å². The van der Waals surface area contributed by atoms with Gasteiger partial charge in [0.2, 0.25) is 15.9 Å². The maximum atomic E-state index is 12.9. The van der Waals surface area contributed by atoms with Crippen molar-refractivity contribution in [3.05, 3.63) is 84.9 Å². The summed E-state index contributed by atoms with van der Waals surface area (Å²) in [6.07, 6.45) is 0. The van der Waals surface area contributed by atoms with E-state index in [1.807, 2.05) is 60.7 Å². The number of anilines is 1. The van der Waals surface area contributed by atoms with Crippen molar-refractivity contribution >= 4 is 43.2 Å². The van der Waals surface area contributed by atoms with E-state index >= 15 is 0 Å². The van der Waals surface area contributed by atoms with E-state index in [4.69, 9.17) is 0 Å². The lowest BCUT2D eigenvalue weighted by atomic mass is 10.1. The Morgan fingerprint density at radius 2 is 1.48 bits per heavy atom. The van der Waals surface area contributed by atoms with Crippen LogP contribution in [-0.2, 0) is 14.8 Å². The zero-order chi connectivity index (χ0) is 20.4. The second-order valence-corrected chi connectivity index (χ2v) is 8.89. The molecule has 1 amide bonds. The van der Waals surface area contributed by atoms with Gasteiger partial charge < -0.3 is 5.32 Å². The van der Waals surface area contributed by atoms with Crippen molar-refractivity contribution in [2.75, 3.05) is 18.9 Å². The van der Waals surface area contributed by atoms with E-state index in [2.05, 4.69) is 5.32 Å². The van der Waals surface area contributed by atoms with Crippen LogP contribution in [0.25, 0.3) is 21.5 Å². The van der Waals surface area contributed by atoms with Crippen LogP contribution in [-0.4, -0.2) is 32.2 Å². The Hall–Kier alpha value is -3.22. The lowest BCUT2D eigenvalue weighted by molar-refractivity contribution is -0.116. The van der Waals surface area contributed by atoms with E-state index in [-0.39, 0.29) is 11.4 Å². The Balaban J connectivity index is 1.54. The molecule has 0 fully saturated rings. The average molecular weight is 404 g/mol. The molecule has 0 unspecified atom stereocenters. The summed E-state index contributed by atoms with van der Waals surface area (Å²) in [5.74, 6) is -0.395. The van der Waals surface area contributed by atoms with Crippen molar-refractivity contribution in [1.82, 2.24) is 4.31 Å². The third-order valence-electron chi connectivity index (χ3n) is 4.86. The molecule has 4 aromatic carbocycles. The Labute approximate surface area is 169 Å². The maximum Gasteiger partial charge on any atom is 0.243 e. The molecule has 0 aliphatic carbocycles. The van der Waals surface area contributed by atoms with Gasteiger partial charge in [0.25, 0.3) is 0 Å². The van der Waals surface area contributed by atoms with Gasteiger partial charge in [0.1, 0.15) is 0 Å². The quantitative estimate of drug-likeness (QED) is 0.541. The van der Waals surface area contributed by atoms with Crippen LogP contribution >= 0.6 is 0 Å². The van der Waals surface area contributed by atoms with Crippen molar-refractivity contribution in [3.63, 3.8) is 0 Å². The standard InChI is InChI=1S/C23H20N2O3S/c1-25(29(27,28)20-14-13-17-7-2-3-9-19(17)15-20)16-23(26)24-22-12-6-10-18-8-4-5-11-21(18)22/h2-15H,16H2,1H3,(H,24,26). The number of carbonyl (C=O) groups is 1. The van der Waals surface area contributed by atoms with Crippen LogP contribution < -0.4 is 5.32 Å². The van der Waals surface area contributed by atoms with Gasteiger partial charge in [-0.05, 0) is 34.4 Å². The van der Waals surface area contributed by atoms with Gasteiger partial charge in [-0.15, -0.1) is 0 Å². The van der Waals surface area contributed by atoms with Crippen LogP contribution in [0.5, 0.6) is 0 Å². The number of amides is 1. The summed E-state index contributed by atoms with van der Waals surface area (Å²) < 4.78 is 26.9. The Morgan fingerprint density at radius 1 is 0.828 bits per heavy atom. The average Bonchev–Trinajstić information content (AvgIpc) is 2.73. The molecule has 4 rings (SSSR count). The fourth-order valence-electron chi connectivity index (χ4n) is 3.32. The summed E-state index contributed by atoms with van der Waals surface area (Å²) in [6.45, 7) is -0.279. The molecule has 0 aromatic heterocycles. The van der Waals surface area contributed by atoms with E-state index in [9.17, 15) is 13.2 Å². The fraction of sp³-hybridized carbons (Fsp3) is 0.0870. The van der Waals surface area contributed by atoms with Gasteiger partial charge in [0.15, 0.2) is 0 Å². The Bertz CT molecular complexity index is 1310. The predicted octanol–water partition coefficient (Wildman–Crippen LogP) is 4.25. The van der Waals surface area contributed by atoms with E-state index in [0.717, 1.165) is 25.9 Å². The van der Waals surface area contributed by atoms with Gasteiger partial charge >= 0.3 is 0 Å². The zero-order valence-corrected chi connectivity index (χ0v) is 16.7. The zero-order valence-electron chi connectivity index (χ0n) is 15.9. The smallest absolute Gasteiger partial charge is 0.243 e. The number of nitrogens with zero attached hydrogens (tertiary/aromatic N) is 1. The van der Waals surface area contributed by atoms with E-state index in [0.29, 0.717) is 5.69 Å². The number of sulfonamides is 1. The normalized spacial score (nSPS) is 11.8. The molecular formula is C23H20N2O3S. The molecule has 0 saturated heterocycles. The van der Waals surface area contributed by atoms with E-state index in [1.54, 1.807) is 24.3 Å². The molecule has 0 heterocycles. The monoisotopic (exact) mass is 404 g/mol. The summed E-state index contributed by atoms with van der Waals surface area (Å²) in [5.41, 5.74) is 0.657. The van der Waals surface area contributed by atoms with Gasteiger partial charge in [0, 0.05) is 18.1 Å². The molecule has 6 heteroatoms. The number of hydrogen-bond donors (Lipinski definition) is 1. The minimum absolute atomic E-state index is 0.164. The first-order chi connectivity index (χ1) is 13.9. The SMILES string of the molecule is CN(CC(=O)Nc1cccc2ccccc12)S(=O)(=O)c1ccc2ccccc2c1. The van der Waals surface area contributed by atoms with Gasteiger partial charge in [-0.25, -0.2) is 8.42 Å². The topological polar surface area (TPSA) is 66.5 Å². The molecule has 0 saturated carbocycles. The van der Waals surface area contributed by atoms with Gasteiger partial charge in [0.05, 0.1) is 11.4 Å². The first-order valence-corrected chi connectivity index (χ1v) is 10.6. The molecule has 29 heavy (non-hydrogen) atoms. The predicted molar refractivity (Wildman–Crippen MR) is 116 cm³/mol. The molecule has 0 atom stereocenters. The molecule has 4 aromatic rings. The molecule has 0 radical (unpaired) electrons. The highest BCUT2D eigenvalue weighted by Gasteiger charge is 2.23. The molecule has 146 valence electrons. The van der Waals surface area contributed by atoms with Crippen LogP contribution in [0, 0.1) is 0 Å². The third-order valence-corrected chi connectivity index (χ3v) is 6.66. The van der Waals surface area contributed by atoms with Gasteiger partial charge in [-0.1, -0.05) is 66.7 Å². The summed E-state index contributed by atoms with van der Waals surface area (Å²) in [6, 6.07) is 25.8. The lowest BCUT2D eigenvalue weighted by Gasteiger charge is -2.17. The molecular weight excluding hydrogens is 384 g/mol. The van der Waals surface area contributed by atoms with Crippen molar-refractivity contribution in [2.45, 2.75) is 4.90 Å². The second-order valence-electron chi connectivity index (χ2n) is 6.84. The largest absolute Gasteiger partial charge is 0.324 e. The second kappa shape index (κ2) is 7.66. The summed E-state index contributed by atoms with van der Waals surface area (Å²) in [7, 11) is -2.38. The summed E-state index contributed by atoms with van der Waals surface area (Å²) in [4.78, 5) is 12.7. The number of hydrogen-bond acceptors (Lipinski definition) is 3. The summed E-state index contributed by atoms with van der Waals surface area (Å²) in [5, 5.41) is 6.53. The van der Waals surface area contributed by atoms with Crippen LogP contribution in [0.2, 0.25) is 0 Å². The minimum Gasteiger partial charge on any atom is -0.324 e. The number of likely N-dealkylation sites (N-methyl/N-ethyl adjacent to an activating group) is 1. The summed E-state index contributed by atoms with van der Waals surface area (Å²) >= 11 is 0. The number of rotatable bonds is 5. The molecule has 1 N–H and O–H groups in total. The van der Waals surface area contributed by atoms with Crippen LogP contribution in [0.1, 0.15) is 0 Å².